The van der Waals surface area contributed by atoms with E-state index >= 15 is 0 Å². The van der Waals surface area contributed by atoms with Crippen LogP contribution in [0.2, 0.25) is 0 Å². The van der Waals surface area contributed by atoms with Crippen LogP contribution in [-0.4, -0.2) is 22.5 Å². The van der Waals surface area contributed by atoms with Crippen LogP contribution >= 0.6 is 15.9 Å². The average Bonchev–Trinajstić information content (AvgIpc) is 2.68. The molecule has 0 bridgehead atoms. The molecule has 4 nitrogen and oxygen atoms in total. The van der Waals surface area contributed by atoms with Crippen molar-refractivity contribution in [2.45, 2.75) is 0 Å². The molecule has 5 heteroatoms. The molecule has 2 rings (SSSR count). The highest BCUT2D eigenvalue weighted by molar-refractivity contribution is 9.10. The highest BCUT2D eigenvalue weighted by atomic mass is 79.9. The van der Waals surface area contributed by atoms with E-state index in [1.165, 1.54) is 4.90 Å². The predicted molar refractivity (Wildman–Crippen MR) is 70.1 cm³/mol. The summed E-state index contributed by atoms with van der Waals surface area (Å²) in [6.07, 6.45) is 3.51. The minimum atomic E-state index is -0.0862. The molecular weight excluding hydrogens is 282 g/mol. The second-order valence-electron chi connectivity index (χ2n) is 3.71. The maximum atomic E-state index is 12.2. The lowest BCUT2D eigenvalue weighted by Crippen LogP contribution is -2.28. The maximum absolute atomic E-state index is 12.2. The highest BCUT2D eigenvalue weighted by Gasteiger charge is 2.17. The van der Waals surface area contributed by atoms with Crippen LogP contribution < -0.4 is 4.90 Å². The van der Waals surface area contributed by atoms with Crippen molar-refractivity contribution in [2.24, 2.45) is 7.05 Å². The summed E-state index contributed by atoms with van der Waals surface area (Å²) >= 11 is 3.35. The Labute approximate surface area is 108 Å². The van der Waals surface area contributed by atoms with E-state index < -0.39 is 0 Å². The van der Waals surface area contributed by atoms with Crippen LogP contribution in [0, 0.1) is 0 Å². The van der Waals surface area contributed by atoms with Gasteiger partial charge in [-0.25, -0.2) is 4.98 Å². The van der Waals surface area contributed by atoms with Crippen molar-refractivity contribution >= 4 is 27.7 Å². The third kappa shape index (κ3) is 2.39. The number of nitrogens with zero attached hydrogens (tertiary/aromatic N) is 3. The van der Waals surface area contributed by atoms with Crippen LogP contribution in [0.1, 0.15) is 10.5 Å². The van der Waals surface area contributed by atoms with E-state index in [4.69, 9.17) is 0 Å². The topological polar surface area (TPSA) is 38.1 Å². The first-order chi connectivity index (χ1) is 8.09. The van der Waals surface area contributed by atoms with Gasteiger partial charge in [0.1, 0.15) is 11.5 Å². The Balaban J connectivity index is 2.30. The third-order valence-electron chi connectivity index (χ3n) is 2.49. The zero-order chi connectivity index (χ0) is 12.4. The van der Waals surface area contributed by atoms with Gasteiger partial charge in [-0.05, 0) is 34.1 Å². The van der Waals surface area contributed by atoms with Crippen LogP contribution in [0.15, 0.2) is 41.1 Å². The van der Waals surface area contributed by atoms with Gasteiger partial charge in [-0.1, -0.05) is 6.07 Å². The molecule has 0 fully saturated rings. The molecule has 88 valence electrons. The summed E-state index contributed by atoms with van der Waals surface area (Å²) in [5.74, 6) is 0.548. The van der Waals surface area contributed by atoms with Crippen molar-refractivity contribution in [3.05, 3.63) is 46.8 Å². The summed E-state index contributed by atoms with van der Waals surface area (Å²) in [6, 6.07) is 7.27. The molecule has 0 saturated carbocycles. The molecule has 0 unspecified atom stereocenters. The van der Waals surface area contributed by atoms with Crippen molar-refractivity contribution in [3.63, 3.8) is 0 Å². The largest absolute Gasteiger partial charge is 0.345 e. The van der Waals surface area contributed by atoms with E-state index in [9.17, 15) is 4.79 Å². The molecule has 0 N–H and O–H groups in total. The van der Waals surface area contributed by atoms with Gasteiger partial charge < -0.3 is 4.57 Å². The molecule has 0 spiro atoms. The Hall–Kier alpha value is -1.62. The molecule has 0 aliphatic heterocycles. The molecule has 2 aromatic rings. The number of rotatable bonds is 2. The van der Waals surface area contributed by atoms with Gasteiger partial charge in [-0.15, -0.1) is 0 Å². The van der Waals surface area contributed by atoms with Gasteiger partial charge >= 0.3 is 0 Å². The molecule has 0 aromatic carbocycles. The van der Waals surface area contributed by atoms with Crippen molar-refractivity contribution in [2.75, 3.05) is 11.9 Å². The van der Waals surface area contributed by atoms with Gasteiger partial charge in [0.05, 0.1) is 0 Å². The Morgan fingerprint density at radius 3 is 2.76 bits per heavy atom. The molecule has 1 amide bonds. The summed E-state index contributed by atoms with van der Waals surface area (Å²) in [7, 11) is 3.55. The Morgan fingerprint density at radius 1 is 1.47 bits per heavy atom. The normalized spacial score (nSPS) is 10.3. The van der Waals surface area contributed by atoms with Gasteiger partial charge in [0.25, 0.3) is 5.91 Å². The van der Waals surface area contributed by atoms with E-state index in [1.807, 2.05) is 25.4 Å². The molecule has 0 saturated heterocycles. The van der Waals surface area contributed by atoms with Gasteiger partial charge in [-0.2, -0.15) is 0 Å². The van der Waals surface area contributed by atoms with Crippen molar-refractivity contribution in [3.8, 4) is 0 Å². The van der Waals surface area contributed by atoms with Crippen LogP contribution in [-0.2, 0) is 7.05 Å². The smallest absolute Gasteiger partial charge is 0.275 e. The number of halogens is 1. The van der Waals surface area contributed by atoms with E-state index in [0.717, 1.165) is 4.47 Å². The van der Waals surface area contributed by atoms with Crippen LogP contribution in [0.3, 0.4) is 0 Å². The van der Waals surface area contributed by atoms with Crippen molar-refractivity contribution < 1.29 is 4.79 Å². The number of pyridine rings is 1. The molecule has 0 radical (unpaired) electrons. The molecule has 2 heterocycles. The van der Waals surface area contributed by atoms with Crippen molar-refractivity contribution in [1.29, 1.82) is 0 Å². The van der Waals surface area contributed by atoms with E-state index in [2.05, 4.69) is 20.9 Å². The van der Waals surface area contributed by atoms with Crippen LogP contribution in [0.4, 0.5) is 5.82 Å². The molecule has 2 aromatic heterocycles. The number of hydrogen-bond donors (Lipinski definition) is 0. The zero-order valence-corrected chi connectivity index (χ0v) is 11.2. The maximum Gasteiger partial charge on any atom is 0.275 e. The second kappa shape index (κ2) is 4.71. The SMILES string of the molecule is CN(C(=O)c1cc(Br)cn1C)c1ccccn1. The quantitative estimate of drug-likeness (QED) is 0.853. The summed E-state index contributed by atoms with van der Waals surface area (Å²) in [4.78, 5) is 17.9. The molecule has 17 heavy (non-hydrogen) atoms. The standard InChI is InChI=1S/C12H12BrN3O/c1-15-8-9(13)7-10(15)12(17)16(2)11-5-3-4-6-14-11/h3-8H,1-2H3. The monoisotopic (exact) mass is 293 g/mol. The minimum Gasteiger partial charge on any atom is -0.345 e. The molecule has 0 aliphatic rings. The molecular formula is C12H12BrN3O. The van der Waals surface area contributed by atoms with Crippen LogP contribution in [0.25, 0.3) is 0 Å². The van der Waals surface area contributed by atoms with Gasteiger partial charge in [0.15, 0.2) is 0 Å². The average molecular weight is 294 g/mol. The number of anilines is 1. The fourth-order valence-electron chi connectivity index (χ4n) is 1.56. The molecule has 0 aliphatic carbocycles. The summed E-state index contributed by atoms with van der Waals surface area (Å²) in [5, 5.41) is 0. The van der Waals surface area contributed by atoms with Gasteiger partial charge in [0.2, 0.25) is 0 Å². The summed E-state index contributed by atoms with van der Waals surface area (Å²) < 4.78 is 2.67. The second-order valence-corrected chi connectivity index (χ2v) is 4.62. The first-order valence-electron chi connectivity index (χ1n) is 5.10. The number of carbonyl (C=O) groups is 1. The lowest BCUT2D eigenvalue weighted by atomic mass is 10.3. The Bertz CT molecular complexity index is 536. The first kappa shape index (κ1) is 11.9. The number of aryl methyl sites for hydroxylation is 1. The Kier molecular flexibility index (Phi) is 3.28. The Morgan fingerprint density at radius 2 is 2.24 bits per heavy atom. The summed E-state index contributed by atoms with van der Waals surface area (Å²) in [5.41, 5.74) is 0.616. The third-order valence-corrected chi connectivity index (χ3v) is 2.92. The minimum absolute atomic E-state index is 0.0862. The summed E-state index contributed by atoms with van der Waals surface area (Å²) in [6.45, 7) is 0. The fourth-order valence-corrected chi connectivity index (χ4v) is 2.09. The fraction of sp³-hybridized carbons (Fsp3) is 0.167. The van der Waals surface area contributed by atoms with Gasteiger partial charge in [0, 0.05) is 31.0 Å². The highest BCUT2D eigenvalue weighted by Crippen LogP contribution is 2.17. The number of amides is 1. The van der Waals surface area contributed by atoms with Crippen molar-refractivity contribution in [1.82, 2.24) is 9.55 Å². The predicted octanol–water partition coefficient (Wildman–Crippen LogP) is 2.46. The number of hydrogen-bond acceptors (Lipinski definition) is 2. The van der Waals surface area contributed by atoms with E-state index in [1.54, 1.807) is 29.9 Å². The van der Waals surface area contributed by atoms with E-state index in [-0.39, 0.29) is 5.91 Å². The molecule has 0 atom stereocenters. The lowest BCUT2D eigenvalue weighted by molar-refractivity contribution is 0.0984. The lowest BCUT2D eigenvalue weighted by Gasteiger charge is -2.16. The van der Waals surface area contributed by atoms with Gasteiger partial charge in [-0.3, -0.25) is 9.69 Å². The number of carbonyl (C=O) groups excluding carboxylic acids is 1. The zero-order valence-electron chi connectivity index (χ0n) is 9.59. The number of aromatic nitrogens is 2. The first-order valence-corrected chi connectivity index (χ1v) is 5.90. The van der Waals surface area contributed by atoms with Crippen LogP contribution in [0.5, 0.6) is 0 Å². The van der Waals surface area contributed by atoms with E-state index in [0.29, 0.717) is 11.5 Å².